The Labute approximate surface area is 139 Å². The second-order valence-electron chi connectivity index (χ2n) is 6.34. The molecule has 3 rings (SSSR count). The Morgan fingerprint density at radius 3 is 2.83 bits per heavy atom. The van der Waals surface area contributed by atoms with E-state index in [1.165, 1.54) is 4.90 Å². The van der Waals surface area contributed by atoms with Crippen molar-refractivity contribution in [2.45, 2.75) is 32.7 Å². The molecule has 0 spiro atoms. The molecule has 0 bridgehead atoms. The van der Waals surface area contributed by atoms with Gasteiger partial charge in [0.1, 0.15) is 11.8 Å². The quantitative estimate of drug-likeness (QED) is 0.918. The largest absolute Gasteiger partial charge is 0.480 e. The number of fused-ring (bicyclic) bond motifs is 1. The number of carbonyl (C=O) groups excluding carboxylic acids is 1. The molecule has 5 nitrogen and oxygen atoms in total. The van der Waals surface area contributed by atoms with Crippen molar-refractivity contribution < 1.29 is 19.4 Å². The molecule has 0 radical (unpaired) electrons. The summed E-state index contributed by atoms with van der Waals surface area (Å²) in [4.78, 5) is 25.6. The predicted molar refractivity (Wildman–Crippen MR) is 85.4 cm³/mol. The molecule has 23 heavy (non-hydrogen) atoms. The Balaban J connectivity index is 1.87. The van der Waals surface area contributed by atoms with Gasteiger partial charge in [0.2, 0.25) is 0 Å². The second kappa shape index (κ2) is 5.89. The average molecular weight is 336 g/mol. The maximum absolute atomic E-state index is 12.6. The number of hydrogen-bond acceptors (Lipinski definition) is 3. The Hall–Kier alpha value is -2.01. The van der Waals surface area contributed by atoms with Gasteiger partial charge in [-0.15, -0.1) is 0 Å². The van der Waals surface area contributed by atoms with Crippen molar-refractivity contribution >= 4 is 23.5 Å². The van der Waals surface area contributed by atoms with Crippen LogP contribution < -0.4 is 4.74 Å². The van der Waals surface area contributed by atoms with Gasteiger partial charge in [0.15, 0.2) is 5.76 Å². The lowest BCUT2D eigenvalue weighted by Gasteiger charge is -2.25. The zero-order valence-electron chi connectivity index (χ0n) is 13.0. The molecule has 1 amide bonds. The van der Waals surface area contributed by atoms with Gasteiger partial charge in [0, 0.05) is 29.1 Å². The van der Waals surface area contributed by atoms with Crippen molar-refractivity contribution in [2.75, 3.05) is 6.54 Å². The van der Waals surface area contributed by atoms with Gasteiger partial charge in [0.05, 0.1) is 0 Å². The minimum absolute atomic E-state index is 0.175. The fourth-order valence-corrected chi connectivity index (χ4v) is 3.30. The topological polar surface area (TPSA) is 66.8 Å². The molecule has 0 aromatic heterocycles. The van der Waals surface area contributed by atoms with E-state index < -0.39 is 12.0 Å². The zero-order valence-corrected chi connectivity index (χ0v) is 13.8. The number of nitrogens with zero attached hydrogens (tertiary/aromatic N) is 1. The maximum atomic E-state index is 12.6. The van der Waals surface area contributed by atoms with Gasteiger partial charge in [0.25, 0.3) is 5.91 Å². The van der Waals surface area contributed by atoms with Crippen LogP contribution in [0.1, 0.15) is 25.8 Å². The van der Waals surface area contributed by atoms with Gasteiger partial charge >= 0.3 is 5.97 Å². The van der Waals surface area contributed by atoms with Crippen LogP contribution in [-0.4, -0.2) is 34.5 Å². The molecule has 1 aromatic rings. The highest BCUT2D eigenvalue weighted by molar-refractivity contribution is 6.31. The van der Waals surface area contributed by atoms with E-state index in [4.69, 9.17) is 16.3 Å². The van der Waals surface area contributed by atoms with Crippen molar-refractivity contribution in [3.63, 3.8) is 0 Å². The van der Waals surface area contributed by atoms with Crippen LogP contribution in [0.25, 0.3) is 0 Å². The molecule has 6 heteroatoms. The SMILES string of the molecule is CC(C)CC(C(=O)O)N1CC2=C(Oc3cccc(Cl)c3C2)C1=O. The molecule has 2 heterocycles. The molecular weight excluding hydrogens is 318 g/mol. The average Bonchev–Trinajstić information content (AvgIpc) is 2.80. The zero-order chi connectivity index (χ0) is 16.7. The lowest BCUT2D eigenvalue weighted by atomic mass is 10.0. The molecule has 0 aliphatic carbocycles. The van der Waals surface area contributed by atoms with Gasteiger partial charge in [-0.05, 0) is 24.5 Å². The molecule has 0 saturated heterocycles. The highest BCUT2D eigenvalue weighted by Gasteiger charge is 2.41. The number of amides is 1. The highest BCUT2D eigenvalue weighted by Crippen LogP contribution is 2.38. The Morgan fingerprint density at radius 2 is 2.17 bits per heavy atom. The molecule has 2 aliphatic heterocycles. The number of hydrogen-bond donors (Lipinski definition) is 1. The molecule has 0 saturated carbocycles. The van der Waals surface area contributed by atoms with E-state index in [9.17, 15) is 14.7 Å². The Bertz CT molecular complexity index is 711. The number of halogens is 1. The van der Waals surface area contributed by atoms with Crippen LogP contribution in [0.5, 0.6) is 5.75 Å². The molecule has 1 aromatic carbocycles. The molecule has 1 N–H and O–H groups in total. The summed E-state index contributed by atoms with van der Waals surface area (Å²) >= 11 is 6.19. The number of carboxylic acid groups (broad SMARTS) is 1. The Morgan fingerprint density at radius 1 is 1.43 bits per heavy atom. The number of aliphatic carboxylic acids is 1. The summed E-state index contributed by atoms with van der Waals surface area (Å²) in [6.07, 6.45) is 0.927. The summed E-state index contributed by atoms with van der Waals surface area (Å²) < 4.78 is 5.73. The lowest BCUT2D eigenvalue weighted by molar-refractivity contribution is -0.149. The minimum Gasteiger partial charge on any atom is -0.480 e. The van der Waals surface area contributed by atoms with Crippen molar-refractivity contribution in [3.8, 4) is 5.75 Å². The molecule has 1 atom stereocenters. The van der Waals surface area contributed by atoms with Gasteiger partial charge in [-0.25, -0.2) is 4.79 Å². The molecule has 122 valence electrons. The van der Waals surface area contributed by atoms with E-state index in [0.717, 1.165) is 11.1 Å². The van der Waals surface area contributed by atoms with E-state index in [0.29, 0.717) is 23.6 Å². The van der Waals surface area contributed by atoms with Crippen LogP contribution in [0.2, 0.25) is 5.02 Å². The normalized spacial score (nSPS) is 17.9. The van der Waals surface area contributed by atoms with E-state index in [2.05, 4.69) is 0 Å². The molecule has 1 unspecified atom stereocenters. The fourth-order valence-electron chi connectivity index (χ4n) is 3.07. The van der Waals surface area contributed by atoms with Crippen LogP contribution in [0.4, 0.5) is 0 Å². The number of benzene rings is 1. The fraction of sp³-hybridized carbons (Fsp3) is 0.412. The van der Waals surface area contributed by atoms with Gasteiger partial charge in [-0.3, -0.25) is 4.79 Å². The third-order valence-electron chi connectivity index (χ3n) is 4.17. The third kappa shape index (κ3) is 2.81. The number of carbonyl (C=O) groups is 2. The first-order valence-corrected chi connectivity index (χ1v) is 7.97. The lowest BCUT2D eigenvalue weighted by Crippen LogP contribution is -2.44. The summed E-state index contributed by atoms with van der Waals surface area (Å²) in [6.45, 7) is 4.16. The van der Waals surface area contributed by atoms with Crippen LogP contribution in [0.3, 0.4) is 0 Å². The standard InChI is InChI=1S/C17H18ClNO4/c1-9(2)6-13(17(21)22)19-8-10-7-11-12(18)4-3-5-14(11)23-15(10)16(19)20/h3-5,9,13H,6-8H2,1-2H3,(H,21,22). The van der Waals surface area contributed by atoms with Crippen LogP contribution in [0, 0.1) is 5.92 Å². The number of carboxylic acids is 1. The van der Waals surface area contributed by atoms with Gasteiger partial charge < -0.3 is 14.7 Å². The first-order valence-electron chi connectivity index (χ1n) is 7.59. The van der Waals surface area contributed by atoms with Crippen molar-refractivity contribution in [3.05, 3.63) is 40.1 Å². The smallest absolute Gasteiger partial charge is 0.326 e. The van der Waals surface area contributed by atoms with Crippen molar-refractivity contribution in [1.82, 2.24) is 4.90 Å². The number of ether oxygens (including phenoxy) is 1. The summed E-state index contributed by atoms with van der Waals surface area (Å²) in [5, 5.41) is 10.1. The third-order valence-corrected chi connectivity index (χ3v) is 4.53. The van der Waals surface area contributed by atoms with E-state index >= 15 is 0 Å². The van der Waals surface area contributed by atoms with Crippen molar-refractivity contribution in [1.29, 1.82) is 0 Å². The molecule has 0 fully saturated rings. The van der Waals surface area contributed by atoms with Crippen LogP contribution >= 0.6 is 11.6 Å². The predicted octanol–water partition coefficient (Wildman–Crippen LogP) is 2.87. The van der Waals surface area contributed by atoms with E-state index in [1.807, 2.05) is 13.8 Å². The van der Waals surface area contributed by atoms with E-state index in [1.54, 1.807) is 18.2 Å². The van der Waals surface area contributed by atoms with Gasteiger partial charge in [-0.1, -0.05) is 31.5 Å². The van der Waals surface area contributed by atoms with E-state index in [-0.39, 0.29) is 24.1 Å². The van der Waals surface area contributed by atoms with Crippen LogP contribution in [-0.2, 0) is 16.0 Å². The maximum Gasteiger partial charge on any atom is 0.326 e. The summed E-state index contributed by atoms with van der Waals surface area (Å²) in [5.41, 5.74) is 1.64. The van der Waals surface area contributed by atoms with Crippen molar-refractivity contribution in [2.24, 2.45) is 5.92 Å². The van der Waals surface area contributed by atoms with Gasteiger partial charge in [-0.2, -0.15) is 0 Å². The van der Waals surface area contributed by atoms with Crippen LogP contribution in [0.15, 0.2) is 29.5 Å². The molecular formula is C17H18ClNO4. The molecule has 2 aliphatic rings. The summed E-state index contributed by atoms with van der Waals surface area (Å²) in [5.74, 6) is -0.327. The monoisotopic (exact) mass is 335 g/mol. The first-order chi connectivity index (χ1) is 10.9. The Kier molecular flexibility index (Phi) is 4.06. The summed E-state index contributed by atoms with van der Waals surface area (Å²) in [6, 6.07) is 4.48. The highest BCUT2D eigenvalue weighted by atomic mass is 35.5. The summed E-state index contributed by atoms with van der Waals surface area (Å²) in [7, 11) is 0. The first kappa shape index (κ1) is 15.9. The second-order valence-corrected chi connectivity index (χ2v) is 6.75. The number of rotatable bonds is 4. The minimum atomic E-state index is -0.984.